The van der Waals surface area contributed by atoms with Gasteiger partial charge in [-0.25, -0.2) is 18.1 Å². The highest BCUT2D eigenvalue weighted by Crippen LogP contribution is 2.16. The van der Waals surface area contributed by atoms with E-state index < -0.39 is 15.6 Å². The monoisotopic (exact) mass is 424 g/mol. The van der Waals surface area contributed by atoms with Crippen molar-refractivity contribution in [2.45, 2.75) is 43.2 Å². The van der Waals surface area contributed by atoms with Crippen LogP contribution in [0.2, 0.25) is 0 Å². The van der Waals surface area contributed by atoms with Crippen LogP contribution in [-0.2, 0) is 14.8 Å². The van der Waals surface area contributed by atoms with Gasteiger partial charge >= 0.3 is 0 Å². The Bertz CT molecular complexity index is 835. The van der Waals surface area contributed by atoms with Gasteiger partial charge in [0.05, 0.1) is 19.2 Å². The van der Waals surface area contributed by atoms with Crippen molar-refractivity contribution in [3.05, 3.63) is 18.3 Å². The van der Waals surface area contributed by atoms with E-state index in [1.165, 1.54) is 12.3 Å². The number of sulfonamides is 1. The molecule has 1 fully saturated rings. The Balaban J connectivity index is 1.85. The second kappa shape index (κ2) is 9.98. The van der Waals surface area contributed by atoms with Crippen molar-refractivity contribution >= 4 is 21.7 Å². The third kappa shape index (κ3) is 6.64. The fourth-order valence-corrected chi connectivity index (χ4v) is 3.86. The summed E-state index contributed by atoms with van der Waals surface area (Å²) in [5, 5.41) is 24.1. The summed E-state index contributed by atoms with van der Waals surface area (Å²) in [6.07, 6.45) is 2.81. The molecule has 0 unspecified atom stereocenters. The van der Waals surface area contributed by atoms with Crippen LogP contribution in [0.5, 0.6) is 0 Å². The zero-order chi connectivity index (χ0) is 21.5. The maximum Gasteiger partial charge on any atom is 0.242 e. The molecule has 2 heterocycles. The number of aliphatic hydroxyl groups excluding tert-OH is 1. The number of hydrogen-bond acceptors (Lipinski definition) is 8. The minimum atomic E-state index is -3.69. The number of hydrogen-bond donors (Lipinski definition) is 4. The number of rotatable bonds is 10. The largest absolute Gasteiger partial charge is 0.395 e. The van der Waals surface area contributed by atoms with Gasteiger partial charge in [-0.2, -0.15) is 5.26 Å². The van der Waals surface area contributed by atoms with Gasteiger partial charge in [-0.3, -0.25) is 4.79 Å². The Morgan fingerprint density at radius 1 is 1.45 bits per heavy atom. The van der Waals surface area contributed by atoms with E-state index in [1.54, 1.807) is 11.0 Å². The number of pyridine rings is 1. The zero-order valence-electron chi connectivity index (χ0n) is 16.7. The number of nitriles is 1. The van der Waals surface area contributed by atoms with E-state index in [-0.39, 0.29) is 36.5 Å². The van der Waals surface area contributed by atoms with E-state index in [0.29, 0.717) is 18.9 Å². The summed E-state index contributed by atoms with van der Waals surface area (Å²) in [7, 11) is -3.69. The molecule has 1 saturated heterocycles. The first-order valence-corrected chi connectivity index (χ1v) is 10.9. The third-order valence-corrected chi connectivity index (χ3v) is 6.05. The number of nitrogens with zero attached hydrogens (tertiary/aromatic N) is 3. The van der Waals surface area contributed by atoms with Crippen LogP contribution in [0.1, 0.15) is 26.7 Å². The normalized spacial score (nSPS) is 17.2. The van der Waals surface area contributed by atoms with Crippen LogP contribution in [0.4, 0.5) is 5.82 Å². The second-order valence-electron chi connectivity index (χ2n) is 7.47. The lowest BCUT2D eigenvalue weighted by molar-refractivity contribution is -0.130. The maximum atomic E-state index is 12.3. The summed E-state index contributed by atoms with van der Waals surface area (Å²) >= 11 is 0. The van der Waals surface area contributed by atoms with Crippen LogP contribution in [0.25, 0.3) is 0 Å². The van der Waals surface area contributed by atoms with Crippen LogP contribution < -0.4 is 15.4 Å². The van der Waals surface area contributed by atoms with Gasteiger partial charge in [-0.05, 0) is 38.8 Å². The smallest absolute Gasteiger partial charge is 0.242 e. The molecule has 1 amide bonds. The molecule has 1 atom stereocenters. The average Bonchev–Trinajstić information content (AvgIpc) is 3.18. The van der Waals surface area contributed by atoms with Crippen LogP contribution in [0.15, 0.2) is 23.2 Å². The van der Waals surface area contributed by atoms with Crippen molar-refractivity contribution in [1.29, 1.82) is 5.26 Å². The van der Waals surface area contributed by atoms with Gasteiger partial charge in [-0.1, -0.05) is 0 Å². The fourth-order valence-electron chi connectivity index (χ4n) is 2.90. The summed E-state index contributed by atoms with van der Waals surface area (Å²) < 4.78 is 26.2. The standard InChI is InChI=1S/C18H28N6O4S/c1-18(2,22-12-17(26)24-8-3-4-14(24)10-19)13-21-16-6-5-15(11-20-16)29(27,28)23-7-9-25/h5-6,11,14,22-23,25H,3-4,7-9,12-13H2,1-2H3,(H,20,21)/t14-/m0/s1. The lowest BCUT2D eigenvalue weighted by Gasteiger charge is -2.28. The predicted octanol–water partition coefficient (Wildman–Crippen LogP) is -0.353. The van der Waals surface area contributed by atoms with Gasteiger partial charge in [0, 0.05) is 31.4 Å². The van der Waals surface area contributed by atoms with E-state index >= 15 is 0 Å². The van der Waals surface area contributed by atoms with Gasteiger partial charge < -0.3 is 20.6 Å². The number of anilines is 1. The molecule has 1 aliphatic rings. The molecule has 0 aliphatic carbocycles. The maximum absolute atomic E-state index is 12.3. The number of likely N-dealkylation sites (tertiary alicyclic amines) is 1. The summed E-state index contributed by atoms with van der Waals surface area (Å²) in [6, 6.07) is 4.80. The van der Waals surface area contributed by atoms with Crippen LogP contribution in [-0.4, -0.2) is 73.7 Å². The van der Waals surface area contributed by atoms with Gasteiger partial charge in [0.1, 0.15) is 16.8 Å². The molecule has 0 saturated carbocycles. The molecule has 160 valence electrons. The first kappa shape index (κ1) is 23.0. The Hall–Kier alpha value is -2.26. The molecule has 1 aromatic heterocycles. The molecule has 1 aromatic rings. The number of aromatic nitrogens is 1. The summed E-state index contributed by atoms with van der Waals surface area (Å²) in [6.45, 7) is 4.70. The summed E-state index contributed by atoms with van der Waals surface area (Å²) in [4.78, 5) is 18.1. The highest BCUT2D eigenvalue weighted by atomic mass is 32.2. The number of aliphatic hydroxyl groups is 1. The van der Waals surface area contributed by atoms with Gasteiger partial charge in [0.25, 0.3) is 0 Å². The summed E-state index contributed by atoms with van der Waals surface area (Å²) in [5.74, 6) is 0.404. The quantitative estimate of drug-likeness (QED) is 0.398. The predicted molar refractivity (Wildman–Crippen MR) is 107 cm³/mol. The van der Waals surface area contributed by atoms with Crippen molar-refractivity contribution in [3.63, 3.8) is 0 Å². The van der Waals surface area contributed by atoms with E-state index in [2.05, 4.69) is 26.4 Å². The molecule has 10 nitrogen and oxygen atoms in total. The van der Waals surface area contributed by atoms with E-state index in [1.807, 2.05) is 13.8 Å². The molecule has 29 heavy (non-hydrogen) atoms. The Labute approximate surface area is 171 Å². The molecular formula is C18H28N6O4S. The lowest BCUT2D eigenvalue weighted by Crippen LogP contribution is -2.50. The third-order valence-electron chi connectivity index (χ3n) is 4.60. The Morgan fingerprint density at radius 2 is 2.21 bits per heavy atom. The number of carbonyl (C=O) groups excluding carboxylic acids is 1. The fraction of sp³-hybridized carbons (Fsp3) is 0.611. The minimum Gasteiger partial charge on any atom is -0.395 e. The first-order valence-electron chi connectivity index (χ1n) is 9.43. The minimum absolute atomic E-state index is 0.0112. The molecule has 11 heteroatoms. The van der Waals surface area contributed by atoms with Crippen LogP contribution in [0.3, 0.4) is 0 Å². The second-order valence-corrected chi connectivity index (χ2v) is 9.23. The van der Waals surface area contributed by atoms with Crippen molar-refractivity contribution in [1.82, 2.24) is 19.9 Å². The topological polar surface area (TPSA) is 147 Å². The van der Waals surface area contributed by atoms with Crippen molar-refractivity contribution in [2.75, 3.05) is 38.1 Å². The SMILES string of the molecule is CC(C)(CNc1ccc(S(=O)(=O)NCCO)cn1)NCC(=O)N1CCC[C@H]1C#N. The van der Waals surface area contributed by atoms with Crippen LogP contribution >= 0.6 is 0 Å². The molecule has 0 radical (unpaired) electrons. The van der Waals surface area contributed by atoms with Crippen LogP contribution in [0, 0.1) is 11.3 Å². The van der Waals surface area contributed by atoms with E-state index in [9.17, 15) is 13.2 Å². The van der Waals surface area contributed by atoms with Gasteiger partial charge in [0.15, 0.2) is 0 Å². The average molecular weight is 425 g/mol. The highest BCUT2D eigenvalue weighted by molar-refractivity contribution is 7.89. The van der Waals surface area contributed by atoms with Gasteiger partial charge in [0.2, 0.25) is 15.9 Å². The lowest BCUT2D eigenvalue weighted by atomic mass is 10.1. The molecule has 4 N–H and O–H groups in total. The van der Waals surface area contributed by atoms with E-state index in [4.69, 9.17) is 10.4 Å². The molecule has 0 bridgehead atoms. The molecule has 1 aliphatic heterocycles. The highest BCUT2D eigenvalue weighted by Gasteiger charge is 2.29. The zero-order valence-corrected chi connectivity index (χ0v) is 17.5. The van der Waals surface area contributed by atoms with Crippen molar-refractivity contribution in [2.24, 2.45) is 0 Å². The Morgan fingerprint density at radius 3 is 2.83 bits per heavy atom. The summed E-state index contributed by atoms with van der Waals surface area (Å²) in [5.41, 5.74) is -0.438. The first-order chi connectivity index (χ1) is 13.7. The Kier molecular flexibility index (Phi) is 7.92. The number of carbonyl (C=O) groups is 1. The number of amides is 1. The molecule has 0 spiro atoms. The molecule has 0 aromatic carbocycles. The number of nitrogens with one attached hydrogen (secondary N) is 3. The molecule has 2 rings (SSSR count). The van der Waals surface area contributed by atoms with E-state index in [0.717, 1.165) is 12.8 Å². The molecular weight excluding hydrogens is 396 g/mol. The van der Waals surface area contributed by atoms with Crippen molar-refractivity contribution in [3.8, 4) is 6.07 Å². The van der Waals surface area contributed by atoms with Crippen molar-refractivity contribution < 1.29 is 18.3 Å². The van der Waals surface area contributed by atoms with Gasteiger partial charge in [-0.15, -0.1) is 0 Å².